The fraction of sp³-hybridized carbons (Fsp3) is 0.143. The lowest BCUT2D eigenvalue weighted by Gasteiger charge is -2.10. The zero-order valence-corrected chi connectivity index (χ0v) is 14.4. The average Bonchev–Trinajstić information content (AvgIpc) is 2.92. The molecule has 0 bridgehead atoms. The summed E-state index contributed by atoms with van der Waals surface area (Å²) in [6.07, 6.45) is 0. The van der Waals surface area contributed by atoms with E-state index in [0.29, 0.717) is 5.69 Å². The molecule has 0 atom stereocenters. The molecule has 3 aromatic carbocycles. The van der Waals surface area contributed by atoms with Crippen molar-refractivity contribution in [1.29, 1.82) is 0 Å². The third-order valence-electron chi connectivity index (χ3n) is 4.82. The van der Waals surface area contributed by atoms with E-state index in [4.69, 9.17) is 0 Å². The zero-order valence-electron chi connectivity index (χ0n) is 14.4. The van der Waals surface area contributed by atoms with Crippen LogP contribution in [0.15, 0.2) is 36.4 Å². The van der Waals surface area contributed by atoms with E-state index in [1.54, 1.807) is 24.3 Å². The molecule has 1 aromatic heterocycles. The Balaban J connectivity index is 2.31. The molecule has 0 aliphatic carbocycles. The summed E-state index contributed by atoms with van der Waals surface area (Å²) in [6.45, 7) is 4.63. The summed E-state index contributed by atoms with van der Waals surface area (Å²) in [5.74, 6) is -3.56. The third kappa shape index (κ3) is 2.16. The lowest BCUT2D eigenvalue weighted by Crippen LogP contribution is -1.99. The SMILES string of the molecule is Cc1ccc(-n2c3cc(F)c(C)c(F)c3c3cc(C)c(F)c(F)c32)cc1. The van der Waals surface area contributed by atoms with Crippen LogP contribution >= 0.6 is 0 Å². The highest BCUT2D eigenvalue weighted by molar-refractivity contribution is 6.10. The summed E-state index contributed by atoms with van der Waals surface area (Å²) in [7, 11) is 0. The number of fused-ring (bicyclic) bond motifs is 3. The lowest BCUT2D eigenvalue weighted by molar-refractivity contribution is 0.509. The first kappa shape index (κ1) is 16.6. The van der Waals surface area contributed by atoms with Crippen LogP contribution in [0, 0.1) is 44.0 Å². The van der Waals surface area contributed by atoms with Gasteiger partial charge in [0, 0.05) is 22.0 Å². The Morgan fingerprint density at radius 2 is 1.42 bits per heavy atom. The van der Waals surface area contributed by atoms with Gasteiger partial charge in [0.2, 0.25) is 0 Å². The minimum Gasteiger partial charge on any atom is -0.306 e. The number of benzene rings is 3. The van der Waals surface area contributed by atoms with Gasteiger partial charge in [-0.1, -0.05) is 17.7 Å². The van der Waals surface area contributed by atoms with E-state index >= 15 is 0 Å². The number of hydrogen-bond acceptors (Lipinski definition) is 0. The predicted octanol–water partition coefficient (Wildman–Crippen LogP) is 6.27. The molecule has 0 saturated carbocycles. The Morgan fingerprint density at radius 1 is 0.769 bits per heavy atom. The number of hydrogen-bond donors (Lipinski definition) is 0. The topological polar surface area (TPSA) is 4.93 Å². The van der Waals surface area contributed by atoms with Crippen LogP contribution in [0.25, 0.3) is 27.5 Å². The quantitative estimate of drug-likeness (QED) is 0.354. The maximum Gasteiger partial charge on any atom is 0.183 e. The Kier molecular flexibility index (Phi) is 3.58. The number of aromatic nitrogens is 1. The van der Waals surface area contributed by atoms with Crippen LogP contribution in [-0.4, -0.2) is 4.57 Å². The fourth-order valence-electron chi connectivity index (χ4n) is 3.37. The van der Waals surface area contributed by atoms with Crippen LogP contribution in [0.1, 0.15) is 16.7 Å². The second-order valence-corrected chi connectivity index (χ2v) is 6.58. The van der Waals surface area contributed by atoms with E-state index in [1.807, 2.05) is 6.92 Å². The second kappa shape index (κ2) is 5.59. The molecule has 0 unspecified atom stereocenters. The second-order valence-electron chi connectivity index (χ2n) is 6.58. The molecular formula is C21H15F4N. The summed E-state index contributed by atoms with van der Waals surface area (Å²) in [4.78, 5) is 0. The molecule has 0 aliphatic heterocycles. The number of aryl methyl sites for hydroxylation is 2. The van der Waals surface area contributed by atoms with E-state index in [0.717, 1.165) is 5.56 Å². The molecule has 0 saturated heterocycles. The standard InChI is InChI=1S/C21H15F4N/c1-10-4-6-13(7-5-10)26-16-9-15(22)12(3)19(24)17(16)14-8-11(2)18(23)20(25)21(14)26/h4-9H,1-3H3. The maximum absolute atomic E-state index is 14.9. The van der Waals surface area contributed by atoms with Crippen molar-refractivity contribution >= 4 is 21.8 Å². The largest absolute Gasteiger partial charge is 0.306 e. The van der Waals surface area contributed by atoms with Gasteiger partial charge >= 0.3 is 0 Å². The van der Waals surface area contributed by atoms with Crippen molar-refractivity contribution < 1.29 is 17.6 Å². The summed E-state index contributed by atoms with van der Waals surface area (Å²) in [6, 6.07) is 9.59. The molecule has 26 heavy (non-hydrogen) atoms. The molecular weight excluding hydrogens is 342 g/mol. The van der Waals surface area contributed by atoms with Crippen LogP contribution in [0.4, 0.5) is 17.6 Å². The highest BCUT2D eigenvalue weighted by atomic mass is 19.2. The molecule has 0 radical (unpaired) electrons. The Bertz CT molecular complexity index is 1190. The molecule has 132 valence electrons. The van der Waals surface area contributed by atoms with Crippen LogP contribution < -0.4 is 0 Å². The van der Waals surface area contributed by atoms with E-state index < -0.39 is 23.3 Å². The van der Waals surface area contributed by atoms with Crippen molar-refractivity contribution in [3.8, 4) is 5.69 Å². The molecule has 0 spiro atoms. The zero-order chi connectivity index (χ0) is 18.7. The van der Waals surface area contributed by atoms with Crippen molar-refractivity contribution in [3.63, 3.8) is 0 Å². The molecule has 5 heteroatoms. The van der Waals surface area contributed by atoms with Gasteiger partial charge in [-0.15, -0.1) is 0 Å². The van der Waals surface area contributed by atoms with Gasteiger partial charge in [-0.05, 0) is 50.6 Å². The highest BCUT2D eigenvalue weighted by Crippen LogP contribution is 2.38. The highest BCUT2D eigenvalue weighted by Gasteiger charge is 2.24. The number of nitrogens with zero attached hydrogens (tertiary/aromatic N) is 1. The Hall–Kier alpha value is -2.82. The Labute approximate surface area is 147 Å². The molecule has 4 aromatic rings. The third-order valence-corrected chi connectivity index (χ3v) is 4.82. The minimum atomic E-state index is -1.07. The molecule has 0 amide bonds. The molecule has 0 aliphatic rings. The monoisotopic (exact) mass is 357 g/mol. The molecule has 1 nitrogen and oxygen atoms in total. The van der Waals surface area contributed by atoms with E-state index in [2.05, 4.69) is 0 Å². The van der Waals surface area contributed by atoms with Gasteiger partial charge in [0.25, 0.3) is 0 Å². The first-order chi connectivity index (χ1) is 12.3. The summed E-state index contributed by atoms with van der Waals surface area (Å²) >= 11 is 0. The Morgan fingerprint density at radius 3 is 2.08 bits per heavy atom. The first-order valence-corrected chi connectivity index (χ1v) is 8.15. The van der Waals surface area contributed by atoms with Gasteiger partial charge in [-0.2, -0.15) is 0 Å². The smallest absolute Gasteiger partial charge is 0.183 e. The lowest BCUT2D eigenvalue weighted by atomic mass is 10.1. The average molecular weight is 357 g/mol. The van der Waals surface area contributed by atoms with Gasteiger partial charge in [0.05, 0.1) is 11.0 Å². The normalized spacial score (nSPS) is 11.7. The molecule has 4 rings (SSSR count). The molecule has 1 heterocycles. The van der Waals surface area contributed by atoms with Gasteiger partial charge < -0.3 is 4.57 Å². The molecule has 0 fully saturated rings. The van der Waals surface area contributed by atoms with Crippen molar-refractivity contribution in [2.75, 3.05) is 0 Å². The maximum atomic E-state index is 14.9. The van der Waals surface area contributed by atoms with E-state index in [1.165, 1.54) is 30.5 Å². The fourth-order valence-corrected chi connectivity index (χ4v) is 3.37. The van der Waals surface area contributed by atoms with Crippen molar-refractivity contribution in [2.24, 2.45) is 0 Å². The van der Waals surface area contributed by atoms with Gasteiger partial charge in [-0.3, -0.25) is 0 Å². The number of halogens is 4. The van der Waals surface area contributed by atoms with Crippen molar-refractivity contribution in [2.45, 2.75) is 20.8 Å². The van der Waals surface area contributed by atoms with E-state index in [9.17, 15) is 17.6 Å². The van der Waals surface area contributed by atoms with E-state index in [-0.39, 0.29) is 32.9 Å². The molecule has 0 N–H and O–H groups in total. The predicted molar refractivity (Wildman–Crippen MR) is 94.8 cm³/mol. The van der Waals surface area contributed by atoms with Gasteiger partial charge in [-0.25, -0.2) is 17.6 Å². The summed E-state index contributed by atoms with van der Waals surface area (Å²) in [5, 5.41) is 0.305. The van der Waals surface area contributed by atoms with Crippen molar-refractivity contribution in [1.82, 2.24) is 4.57 Å². The summed E-state index contributed by atoms with van der Waals surface area (Å²) < 4.78 is 59.6. The first-order valence-electron chi connectivity index (χ1n) is 8.15. The van der Waals surface area contributed by atoms with Gasteiger partial charge in [0.15, 0.2) is 11.6 Å². The van der Waals surface area contributed by atoms with Crippen molar-refractivity contribution in [3.05, 3.63) is 76.4 Å². The van der Waals surface area contributed by atoms with Crippen LogP contribution in [0.2, 0.25) is 0 Å². The van der Waals surface area contributed by atoms with Crippen LogP contribution in [0.3, 0.4) is 0 Å². The van der Waals surface area contributed by atoms with Crippen LogP contribution in [0.5, 0.6) is 0 Å². The minimum absolute atomic E-state index is 0.0688. The van der Waals surface area contributed by atoms with Crippen LogP contribution in [-0.2, 0) is 0 Å². The van der Waals surface area contributed by atoms with Gasteiger partial charge in [0.1, 0.15) is 11.6 Å². The number of rotatable bonds is 1. The summed E-state index contributed by atoms with van der Waals surface area (Å²) in [5.41, 5.74) is 1.46.